The number of nitrogens with one attached hydrogen (secondary N) is 1. The number of alkyl halides is 5. The van der Waals surface area contributed by atoms with Gasteiger partial charge in [0.25, 0.3) is 5.91 Å². The Balaban J connectivity index is 1.34. The minimum Gasteiger partial charge on any atom is -0.481 e. The molecule has 8 nitrogen and oxygen atoms in total. The molecule has 0 saturated heterocycles. The summed E-state index contributed by atoms with van der Waals surface area (Å²) in [5.74, 6) is -2.88. The van der Waals surface area contributed by atoms with Gasteiger partial charge in [0.2, 0.25) is 5.82 Å². The molecule has 0 bridgehead atoms. The number of amides is 1. The van der Waals surface area contributed by atoms with Crippen molar-refractivity contribution < 1.29 is 46.1 Å². The summed E-state index contributed by atoms with van der Waals surface area (Å²) in [5, 5.41) is 11.7. The van der Waals surface area contributed by atoms with Crippen molar-refractivity contribution in [1.29, 1.82) is 0 Å². The predicted molar refractivity (Wildman–Crippen MR) is 127 cm³/mol. The van der Waals surface area contributed by atoms with Crippen LogP contribution in [0.5, 0.6) is 11.5 Å². The standard InChI is InChI=1S/C26H24F5N3O5/c27-25(28,29)24-33-18-11-16(23(37)32-12-15-6-4-14(5-7-15)10-21(35)36)8-9-19(18)34(24)13-17-2-1-3-20-22(17)39-26(30,31)38-20/h1-3,8-9,11,14-15H,4-7,10,12-13H2,(H,32,37)(H,35,36). The van der Waals surface area contributed by atoms with Crippen molar-refractivity contribution in [2.45, 2.75) is 51.1 Å². The molecule has 2 aromatic carbocycles. The lowest BCUT2D eigenvalue weighted by Gasteiger charge is -2.27. The fourth-order valence-electron chi connectivity index (χ4n) is 5.19. The van der Waals surface area contributed by atoms with Crippen LogP contribution in [0.25, 0.3) is 11.0 Å². The molecule has 208 valence electrons. The van der Waals surface area contributed by atoms with Crippen LogP contribution in [0.3, 0.4) is 0 Å². The third-order valence-corrected chi connectivity index (χ3v) is 7.08. The Hall–Kier alpha value is -3.90. The van der Waals surface area contributed by atoms with Crippen molar-refractivity contribution in [2.75, 3.05) is 6.54 Å². The van der Waals surface area contributed by atoms with Crippen molar-refractivity contribution >= 4 is 22.9 Å². The third-order valence-electron chi connectivity index (χ3n) is 7.08. The summed E-state index contributed by atoms with van der Waals surface area (Å²) in [5.41, 5.74) is 0.130. The van der Waals surface area contributed by atoms with Gasteiger partial charge in [0, 0.05) is 24.1 Å². The molecule has 2 N–H and O–H groups in total. The highest BCUT2D eigenvalue weighted by Gasteiger charge is 2.45. The van der Waals surface area contributed by atoms with Crippen LogP contribution < -0.4 is 14.8 Å². The second-order valence-electron chi connectivity index (χ2n) is 9.83. The average Bonchev–Trinajstić information content (AvgIpc) is 3.39. The lowest BCUT2D eigenvalue weighted by atomic mass is 9.80. The van der Waals surface area contributed by atoms with E-state index in [0.717, 1.165) is 30.3 Å². The second kappa shape index (κ2) is 10.0. The first-order valence-corrected chi connectivity index (χ1v) is 12.3. The number of halogens is 5. The molecule has 1 fully saturated rings. The summed E-state index contributed by atoms with van der Waals surface area (Å²) in [6.07, 6.45) is -5.58. The minimum absolute atomic E-state index is 0.0365. The van der Waals surface area contributed by atoms with Gasteiger partial charge in [-0.1, -0.05) is 12.1 Å². The van der Waals surface area contributed by atoms with Gasteiger partial charge in [-0.3, -0.25) is 9.59 Å². The van der Waals surface area contributed by atoms with Crippen LogP contribution in [0.15, 0.2) is 36.4 Å². The van der Waals surface area contributed by atoms with Crippen molar-refractivity contribution in [1.82, 2.24) is 14.9 Å². The fraction of sp³-hybridized carbons (Fsp3) is 0.423. The zero-order chi connectivity index (χ0) is 27.9. The Kier molecular flexibility index (Phi) is 6.85. The van der Waals surface area contributed by atoms with E-state index in [1.54, 1.807) is 0 Å². The van der Waals surface area contributed by atoms with Crippen LogP contribution in [0.2, 0.25) is 0 Å². The van der Waals surface area contributed by atoms with E-state index in [9.17, 15) is 31.5 Å². The first-order valence-electron chi connectivity index (χ1n) is 12.3. The summed E-state index contributed by atoms with van der Waals surface area (Å²) in [6.45, 7) is -0.116. The lowest BCUT2D eigenvalue weighted by molar-refractivity contribution is -0.287. The molecule has 0 spiro atoms. The molecule has 0 atom stereocenters. The molecule has 1 amide bonds. The van der Waals surface area contributed by atoms with Crippen LogP contribution in [0.4, 0.5) is 22.0 Å². The molecule has 1 saturated carbocycles. The van der Waals surface area contributed by atoms with Gasteiger partial charge < -0.3 is 24.5 Å². The summed E-state index contributed by atoms with van der Waals surface area (Å²) < 4.78 is 78.6. The number of nitrogens with zero attached hydrogens (tertiary/aromatic N) is 2. The van der Waals surface area contributed by atoms with Gasteiger partial charge in [-0.15, -0.1) is 8.78 Å². The number of aromatic nitrogens is 2. The van der Waals surface area contributed by atoms with Crippen molar-refractivity contribution in [3.63, 3.8) is 0 Å². The van der Waals surface area contributed by atoms with Crippen LogP contribution >= 0.6 is 0 Å². The van der Waals surface area contributed by atoms with E-state index in [-0.39, 0.29) is 51.9 Å². The SMILES string of the molecule is O=C(O)CC1CCC(CNC(=O)c2ccc3c(c2)nc(C(F)(F)F)n3Cc2cccc3c2OC(F)(F)O3)CC1. The Morgan fingerprint density at radius 2 is 1.79 bits per heavy atom. The second-order valence-corrected chi connectivity index (χ2v) is 9.83. The number of carboxylic acids is 1. The summed E-state index contributed by atoms with van der Waals surface area (Å²) in [4.78, 5) is 27.4. The van der Waals surface area contributed by atoms with Crippen LogP contribution in [-0.4, -0.2) is 39.4 Å². The Morgan fingerprint density at radius 1 is 1.08 bits per heavy atom. The monoisotopic (exact) mass is 553 g/mol. The van der Waals surface area contributed by atoms with E-state index < -0.39 is 36.7 Å². The number of carboxylic acid groups (broad SMARTS) is 1. The molecule has 5 rings (SSSR count). The molecule has 0 radical (unpaired) electrons. The summed E-state index contributed by atoms with van der Waals surface area (Å²) in [7, 11) is 0. The number of carbonyl (C=O) groups is 2. The van der Waals surface area contributed by atoms with Gasteiger partial charge in [-0.05, 0) is 61.8 Å². The van der Waals surface area contributed by atoms with Crippen molar-refractivity contribution in [2.24, 2.45) is 11.8 Å². The molecule has 1 aliphatic carbocycles. The minimum atomic E-state index is -4.86. The number of aliphatic carboxylic acids is 1. The van der Waals surface area contributed by atoms with Gasteiger partial charge in [-0.2, -0.15) is 13.2 Å². The van der Waals surface area contributed by atoms with Gasteiger partial charge in [0.1, 0.15) is 0 Å². The highest BCUT2D eigenvalue weighted by atomic mass is 19.4. The first kappa shape index (κ1) is 26.7. The highest BCUT2D eigenvalue weighted by molar-refractivity contribution is 5.97. The summed E-state index contributed by atoms with van der Waals surface area (Å²) >= 11 is 0. The number of benzene rings is 2. The van der Waals surface area contributed by atoms with E-state index in [1.165, 1.54) is 36.4 Å². The molecular weight excluding hydrogens is 529 g/mol. The number of hydrogen-bond donors (Lipinski definition) is 2. The Bertz CT molecular complexity index is 1410. The molecule has 2 aliphatic rings. The van der Waals surface area contributed by atoms with Crippen LogP contribution in [0, 0.1) is 11.8 Å². The number of imidazole rings is 1. The normalized spacial score (nSPS) is 20.2. The maximum absolute atomic E-state index is 13.9. The van der Waals surface area contributed by atoms with Crippen molar-refractivity contribution in [3.8, 4) is 11.5 Å². The smallest absolute Gasteiger partial charge is 0.481 e. The van der Waals surface area contributed by atoms with Crippen LogP contribution in [-0.2, 0) is 17.5 Å². The largest absolute Gasteiger partial charge is 0.586 e. The number of fused-ring (bicyclic) bond motifs is 2. The number of carbonyl (C=O) groups excluding carboxylic acids is 1. The molecule has 1 aliphatic heterocycles. The topological polar surface area (TPSA) is 103 Å². The lowest BCUT2D eigenvalue weighted by Crippen LogP contribution is -2.31. The van der Waals surface area contributed by atoms with E-state index in [4.69, 9.17) is 5.11 Å². The maximum atomic E-state index is 13.9. The van der Waals surface area contributed by atoms with Gasteiger partial charge in [-0.25, -0.2) is 4.98 Å². The maximum Gasteiger partial charge on any atom is 0.586 e. The fourth-order valence-corrected chi connectivity index (χ4v) is 5.19. The predicted octanol–water partition coefficient (Wildman–Crippen LogP) is 5.44. The number of hydrogen-bond acceptors (Lipinski definition) is 5. The van der Waals surface area contributed by atoms with E-state index in [1.807, 2.05) is 0 Å². The van der Waals surface area contributed by atoms with Crippen molar-refractivity contribution in [3.05, 3.63) is 53.3 Å². The third kappa shape index (κ3) is 5.76. The van der Waals surface area contributed by atoms with Gasteiger partial charge in [0.05, 0.1) is 17.6 Å². The molecule has 0 unspecified atom stereocenters. The molecule has 1 aromatic heterocycles. The molecular formula is C26H24F5N3O5. The average molecular weight is 553 g/mol. The molecule has 2 heterocycles. The highest BCUT2D eigenvalue weighted by Crippen LogP contribution is 2.44. The van der Waals surface area contributed by atoms with Gasteiger partial charge in [0.15, 0.2) is 11.5 Å². The van der Waals surface area contributed by atoms with E-state index in [2.05, 4.69) is 19.8 Å². The Morgan fingerprint density at radius 3 is 2.49 bits per heavy atom. The number of rotatable bonds is 7. The van der Waals surface area contributed by atoms with E-state index in [0.29, 0.717) is 6.54 Å². The Labute approximate surface area is 218 Å². The number of para-hydroxylation sites is 1. The van der Waals surface area contributed by atoms with E-state index >= 15 is 0 Å². The zero-order valence-corrected chi connectivity index (χ0v) is 20.4. The van der Waals surface area contributed by atoms with Crippen LogP contribution in [0.1, 0.15) is 53.8 Å². The number of ether oxygens (including phenoxy) is 2. The first-order chi connectivity index (χ1) is 18.4. The molecule has 3 aromatic rings. The van der Waals surface area contributed by atoms with Gasteiger partial charge >= 0.3 is 18.4 Å². The molecule has 39 heavy (non-hydrogen) atoms. The summed E-state index contributed by atoms with van der Waals surface area (Å²) in [6, 6.07) is 7.91. The zero-order valence-electron chi connectivity index (χ0n) is 20.4. The molecule has 13 heteroatoms. The quantitative estimate of drug-likeness (QED) is 0.378.